The number of hydrogen-bond donors (Lipinski definition) is 0. The zero-order valence-electron chi connectivity index (χ0n) is 11.2. The molecule has 1 rings (SSSR count). The topological polar surface area (TPSA) is 29.5 Å². The summed E-state index contributed by atoms with van der Waals surface area (Å²) in [5.41, 5.74) is 0. The molecule has 0 aromatic heterocycles. The van der Waals surface area contributed by atoms with E-state index in [1.54, 1.807) is 7.11 Å². The van der Waals surface area contributed by atoms with Gasteiger partial charge in [-0.1, -0.05) is 13.8 Å². The van der Waals surface area contributed by atoms with Gasteiger partial charge in [-0.05, 0) is 33.1 Å². The molecular formula is C13H25NO2. The van der Waals surface area contributed by atoms with Crippen LogP contribution in [0.5, 0.6) is 0 Å². The zero-order chi connectivity index (χ0) is 12.3. The van der Waals surface area contributed by atoms with Gasteiger partial charge in [0.25, 0.3) is 0 Å². The van der Waals surface area contributed by atoms with E-state index in [-0.39, 0.29) is 17.9 Å². The monoisotopic (exact) mass is 227 g/mol. The Balaban J connectivity index is 2.71. The fourth-order valence-corrected chi connectivity index (χ4v) is 2.51. The van der Waals surface area contributed by atoms with Crippen molar-refractivity contribution in [3.8, 4) is 0 Å². The van der Waals surface area contributed by atoms with Crippen LogP contribution in [0.1, 0.15) is 47.0 Å². The summed E-state index contributed by atoms with van der Waals surface area (Å²) < 4.78 is 5.25. The van der Waals surface area contributed by atoms with Crippen molar-refractivity contribution < 1.29 is 9.53 Å². The van der Waals surface area contributed by atoms with E-state index < -0.39 is 0 Å². The second-order valence-corrected chi connectivity index (χ2v) is 4.96. The fraction of sp³-hybridized carbons (Fsp3) is 0.923. The van der Waals surface area contributed by atoms with E-state index in [9.17, 15) is 4.79 Å². The number of rotatable bonds is 4. The molecule has 3 nitrogen and oxygen atoms in total. The summed E-state index contributed by atoms with van der Waals surface area (Å²) >= 11 is 0. The number of methoxy groups -OCH3 is 1. The standard InChI is InChI=1S/C13H25NO2/c1-6-12-8-7-9(2)14(12)13(15)10(3)11(4)16-5/h9-12H,6-8H2,1-5H3/t9-,10?,11?,12?/m1/s1. The Morgan fingerprint density at radius 1 is 1.44 bits per heavy atom. The molecule has 1 aliphatic rings. The van der Waals surface area contributed by atoms with Crippen LogP contribution in [0.15, 0.2) is 0 Å². The third-order valence-corrected chi connectivity index (χ3v) is 3.98. The third-order valence-electron chi connectivity index (χ3n) is 3.98. The molecule has 0 radical (unpaired) electrons. The van der Waals surface area contributed by atoms with Crippen LogP contribution < -0.4 is 0 Å². The Labute approximate surface area is 99.1 Å². The Morgan fingerprint density at radius 3 is 2.56 bits per heavy atom. The number of carbonyl (C=O) groups is 1. The molecule has 0 aromatic rings. The summed E-state index contributed by atoms with van der Waals surface area (Å²) in [7, 11) is 1.67. The van der Waals surface area contributed by atoms with E-state index in [0.717, 1.165) is 19.3 Å². The first-order chi connectivity index (χ1) is 7.52. The minimum atomic E-state index is -0.0420. The van der Waals surface area contributed by atoms with E-state index in [2.05, 4.69) is 18.7 Å². The van der Waals surface area contributed by atoms with Gasteiger partial charge in [0.15, 0.2) is 0 Å². The second kappa shape index (κ2) is 5.67. The lowest BCUT2D eigenvalue weighted by Crippen LogP contribution is -2.45. The molecule has 4 atom stereocenters. The minimum absolute atomic E-state index is 0.00203. The van der Waals surface area contributed by atoms with Crippen molar-refractivity contribution in [2.24, 2.45) is 5.92 Å². The number of likely N-dealkylation sites (tertiary alicyclic amines) is 1. The summed E-state index contributed by atoms with van der Waals surface area (Å²) in [5, 5.41) is 0. The highest BCUT2D eigenvalue weighted by Gasteiger charge is 2.36. The Kier molecular flexibility index (Phi) is 4.78. The van der Waals surface area contributed by atoms with Crippen molar-refractivity contribution in [1.29, 1.82) is 0 Å². The first-order valence-electron chi connectivity index (χ1n) is 6.37. The van der Waals surface area contributed by atoms with Crippen molar-refractivity contribution in [3.63, 3.8) is 0 Å². The molecule has 1 fully saturated rings. The predicted octanol–water partition coefficient (Wildman–Crippen LogP) is 2.45. The SMILES string of the molecule is CCC1CC[C@@H](C)N1C(=O)C(C)C(C)OC. The van der Waals surface area contributed by atoms with Crippen LogP contribution in [0.25, 0.3) is 0 Å². The predicted molar refractivity (Wildman–Crippen MR) is 65.3 cm³/mol. The highest BCUT2D eigenvalue weighted by molar-refractivity contribution is 5.80. The highest BCUT2D eigenvalue weighted by atomic mass is 16.5. The molecule has 0 aliphatic carbocycles. The van der Waals surface area contributed by atoms with Crippen LogP contribution >= 0.6 is 0 Å². The average Bonchev–Trinajstić information content (AvgIpc) is 2.67. The lowest BCUT2D eigenvalue weighted by molar-refractivity contribution is -0.141. The maximum Gasteiger partial charge on any atom is 0.228 e. The molecule has 1 aliphatic heterocycles. The van der Waals surface area contributed by atoms with Crippen LogP contribution in [0, 0.1) is 5.92 Å². The number of nitrogens with zero attached hydrogens (tertiary/aromatic N) is 1. The Hall–Kier alpha value is -0.570. The van der Waals surface area contributed by atoms with Crippen LogP contribution in [-0.2, 0) is 9.53 Å². The average molecular weight is 227 g/mol. The molecule has 16 heavy (non-hydrogen) atoms. The number of hydrogen-bond acceptors (Lipinski definition) is 2. The number of amides is 1. The maximum atomic E-state index is 12.4. The molecule has 94 valence electrons. The first kappa shape index (κ1) is 13.5. The van der Waals surface area contributed by atoms with Gasteiger partial charge in [-0.3, -0.25) is 4.79 Å². The van der Waals surface area contributed by atoms with Gasteiger partial charge in [0, 0.05) is 19.2 Å². The van der Waals surface area contributed by atoms with Crippen LogP contribution in [-0.4, -0.2) is 36.1 Å². The molecule has 0 spiro atoms. The molecule has 0 aromatic carbocycles. The van der Waals surface area contributed by atoms with E-state index >= 15 is 0 Å². The van der Waals surface area contributed by atoms with Crippen molar-refractivity contribution in [2.75, 3.05) is 7.11 Å². The van der Waals surface area contributed by atoms with Crippen LogP contribution in [0.3, 0.4) is 0 Å². The normalized spacial score (nSPS) is 29.2. The first-order valence-corrected chi connectivity index (χ1v) is 6.37. The van der Waals surface area contributed by atoms with Crippen molar-refractivity contribution in [3.05, 3.63) is 0 Å². The molecule has 0 bridgehead atoms. The maximum absolute atomic E-state index is 12.4. The van der Waals surface area contributed by atoms with Crippen molar-refractivity contribution in [1.82, 2.24) is 4.90 Å². The Morgan fingerprint density at radius 2 is 2.06 bits per heavy atom. The van der Waals surface area contributed by atoms with Gasteiger partial charge in [0.2, 0.25) is 5.91 Å². The van der Waals surface area contributed by atoms with Crippen LogP contribution in [0.4, 0.5) is 0 Å². The summed E-state index contributed by atoms with van der Waals surface area (Å²) in [6.07, 6.45) is 3.35. The van der Waals surface area contributed by atoms with Gasteiger partial charge in [0.1, 0.15) is 0 Å². The molecule has 3 unspecified atom stereocenters. The van der Waals surface area contributed by atoms with E-state index in [1.807, 2.05) is 13.8 Å². The number of ether oxygens (including phenoxy) is 1. The molecule has 1 amide bonds. The van der Waals surface area contributed by atoms with Gasteiger partial charge in [-0.15, -0.1) is 0 Å². The lowest BCUT2D eigenvalue weighted by atomic mass is 10.0. The highest BCUT2D eigenvalue weighted by Crippen LogP contribution is 2.28. The quantitative estimate of drug-likeness (QED) is 0.738. The largest absolute Gasteiger partial charge is 0.381 e. The van der Waals surface area contributed by atoms with E-state index in [0.29, 0.717) is 12.1 Å². The Bertz CT molecular complexity index is 242. The zero-order valence-corrected chi connectivity index (χ0v) is 11.2. The molecule has 1 heterocycles. The summed E-state index contributed by atoms with van der Waals surface area (Å²) in [6.45, 7) is 8.24. The molecule has 3 heteroatoms. The number of carbonyl (C=O) groups excluding carboxylic acids is 1. The fourth-order valence-electron chi connectivity index (χ4n) is 2.51. The van der Waals surface area contributed by atoms with Gasteiger partial charge >= 0.3 is 0 Å². The smallest absolute Gasteiger partial charge is 0.228 e. The lowest BCUT2D eigenvalue weighted by Gasteiger charge is -2.32. The summed E-state index contributed by atoms with van der Waals surface area (Å²) in [4.78, 5) is 14.5. The summed E-state index contributed by atoms with van der Waals surface area (Å²) in [6, 6.07) is 0.831. The second-order valence-electron chi connectivity index (χ2n) is 4.96. The van der Waals surface area contributed by atoms with Gasteiger partial charge in [-0.25, -0.2) is 0 Å². The van der Waals surface area contributed by atoms with Crippen LogP contribution in [0.2, 0.25) is 0 Å². The van der Waals surface area contributed by atoms with Gasteiger partial charge in [0.05, 0.1) is 12.0 Å². The van der Waals surface area contributed by atoms with Gasteiger partial charge in [-0.2, -0.15) is 0 Å². The van der Waals surface area contributed by atoms with Crippen molar-refractivity contribution in [2.45, 2.75) is 65.1 Å². The van der Waals surface area contributed by atoms with E-state index in [1.165, 1.54) is 0 Å². The van der Waals surface area contributed by atoms with Gasteiger partial charge < -0.3 is 9.64 Å². The molecule has 1 saturated heterocycles. The molecule has 0 N–H and O–H groups in total. The minimum Gasteiger partial charge on any atom is -0.381 e. The van der Waals surface area contributed by atoms with Crippen molar-refractivity contribution >= 4 is 5.91 Å². The molecule has 0 saturated carbocycles. The third kappa shape index (κ3) is 2.57. The van der Waals surface area contributed by atoms with E-state index in [4.69, 9.17) is 4.74 Å². The summed E-state index contributed by atoms with van der Waals surface area (Å²) in [5.74, 6) is 0.214. The molecular weight excluding hydrogens is 202 g/mol.